The summed E-state index contributed by atoms with van der Waals surface area (Å²) in [5.41, 5.74) is 7.51. The van der Waals surface area contributed by atoms with Gasteiger partial charge in [-0.25, -0.2) is 4.68 Å². The molecule has 1 aromatic carbocycles. The molecule has 1 atom stereocenters. The smallest absolute Gasteiger partial charge is 0.248 e. The van der Waals surface area contributed by atoms with Gasteiger partial charge in [0.05, 0.1) is 5.57 Å². The molecule has 8 heteroatoms. The van der Waals surface area contributed by atoms with Crippen LogP contribution in [0.5, 0.6) is 5.75 Å². The highest BCUT2D eigenvalue weighted by Gasteiger charge is 2.33. The fourth-order valence-corrected chi connectivity index (χ4v) is 3.35. The third-order valence-electron chi connectivity index (χ3n) is 3.74. The van der Waals surface area contributed by atoms with Crippen LogP contribution in [0.1, 0.15) is 31.9 Å². The van der Waals surface area contributed by atoms with Gasteiger partial charge in [-0.05, 0) is 31.0 Å². The first-order valence-corrected chi connectivity index (χ1v) is 8.65. The zero-order valence-electron chi connectivity index (χ0n) is 13.5. The van der Waals surface area contributed by atoms with Crippen molar-refractivity contribution in [1.29, 1.82) is 0 Å². The number of hydrogen-bond donors (Lipinski definition) is 3. The minimum Gasteiger partial charge on any atom is -0.508 e. The molecule has 2 heterocycles. The largest absolute Gasteiger partial charge is 0.508 e. The van der Waals surface area contributed by atoms with Crippen molar-refractivity contribution in [3.63, 3.8) is 0 Å². The highest BCUT2D eigenvalue weighted by molar-refractivity contribution is 7.99. The molecule has 0 aliphatic carbocycles. The van der Waals surface area contributed by atoms with Crippen molar-refractivity contribution < 1.29 is 9.90 Å². The Morgan fingerprint density at radius 3 is 2.75 bits per heavy atom. The summed E-state index contributed by atoms with van der Waals surface area (Å²) in [6.07, 6.45) is 1.02. The molecular weight excluding hydrogens is 326 g/mol. The number of nitrogens with one attached hydrogen (secondary N) is 1. The molecule has 0 saturated heterocycles. The quantitative estimate of drug-likeness (QED) is 0.718. The van der Waals surface area contributed by atoms with Gasteiger partial charge in [-0.2, -0.15) is 4.98 Å². The molecule has 126 valence electrons. The average molecular weight is 345 g/mol. The lowest BCUT2D eigenvalue weighted by molar-refractivity contribution is -0.115. The molecule has 3 rings (SSSR count). The number of carbonyl (C=O) groups excluding carboxylic acids is 1. The van der Waals surface area contributed by atoms with Gasteiger partial charge in [0.15, 0.2) is 0 Å². The van der Waals surface area contributed by atoms with E-state index in [-0.39, 0.29) is 5.75 Å². The second-order valence-electron chi connectivity index (χ2n) is 5.53. The topological polar surface area (TPSA) is 106 Å². The van der Waals surface area contributed by atoms with Crippen molar-refractivity contribution in [3.05, 3.63) is 41.1 Å². The number of fused-ring (bicyclic) bond motifs is 1. The van der Waals surface area contributed by atoms with Crippen LogP contribution in [-0.4, -0.2) is 31.5 Å². The van der Waals surface area contributed by atoms with E-state index in [1.54, 1.807) is 47.6 Å². The Morgan fingerprint density at radius 2 is 2.12 bits per heavy atom. The molecule has 1 aromatic heterocycles. The molecule has 2 aromatic rings. The molecule has 0 saturated carbocycles. The van der Waals surface area contributed by atoms with Crippen LogP contribution in [0.2, 0.25) is 0 Å². The summed E-state index contributed by atoms with van der Waals surface area (Å²) in [4.78, 5) is 16.5. The summed E-state index contributed by atoms with van der Waals surface area (Å²) in [7, 11) is 0. The first kappa shape index (κ1) is 16.4. The van der Waals surface area contributed by atoms with E-state index in [0.29, 0.717) is 22.4 Å². The van der Waals surface area contributed by atoms with Crippen molar-refractivity contribution in [2.75, 3.05) is 11.1 Å². The van der Waals surface area contributed by atoms with Crippen LogP contribution >= 0.6 is 11.8 Å². The van der Waals surface area contributed by atoms with Crippen molar-refractivity contribution in [1.82, 2.24) is 14.8 Å². The number of aromatic nitrogens is 3. The summed E-state index contributed by atoms with van der Waals surface area (Å²) in [5, 5.41) is 17.8. The van der Waals surface area contributed by atoms with E-state index in [1.807, 2.05) is 0 Å². The van der Waals surface area contributed by atoms with Crippen LogP contribution < -0.4 is 11.1 Å². The number of nitrogens with zero attached hydrogens (tertiary/aromatic N) is 3. The van der Waals surface area contributed by atoms with Gasteiger partial charge < -0.3 is 16.2 Å². The van der Waals surface area contributed by atoms with E-state index in [4.69, 9.17) is 5.73 Å². The Morgan fingerprint density at radius 1 is 1.42 bits per heavy atom. The SMILES string of the molecule is CCCSc1nc2n(n1)C(c1ccc(O)cc1)C(C(N)=O)=C(C)N2. The van der Waals surface area contributed by atoms with Crippen LogP contribution in [-0.2, 0) is 4.79 Å². The molecule has 1 amide bonds. The van der Waals surface area contributed by atoms with Crippen molar-refractivity contribution in [2.45, 2.75) is 31.5 Å². The van der Waals surface area contributed by atoms with Crippen molar-refractivity contribution >= 4 is 23.6 Å². The van der Waals surface area contributed by atoms with Gasteiger partial charge in [0.2, 0.25) is 17.0 Å². The third kappa shape index (κ3) is 2.96. The number of phenols is 1. The van der Waals surface area contributed by atoms with E-state index in [0.717, 1.165) is 17.7 Å². The summed E-state index contributed by atoms with van der Waals surface area (Å²) in [6, 6.07) is 6.20. The first-order chi connectivity index (χ1) is 11.5. The number of primary amides is 1. The van der Waals surface area contributed by atoms with Gasteiger partial charge >= 0.3 is 0 Å². The number of aromatic hydroxyl groups is 1. The summed E-state index contributed by atoms with van der Waals surface area (Å²) >= 11 is 1.57. The van der Waals surface area contributed by atoms with E-state index < -0.39 is 11.9 Å². The predicted molar refractivity (Wildman–Crippen MR) is 92.8 cm³/mol. The third-order valence-corrected chi connectivity index (χ3v) is 4.79. The molecule has 0 bridgehead atoms. The number of carbonyl (C=O) groups is 1. The summed E-state index contributed by atoms with van der Waals surface area (Å²) < 4.78 is 1.68. The lowest BCUT2D eigenvalue weighted by Gasteiger charge is -2.27. The molecule has 0 spiro atoms. The van der Waals surface area contributed by atoms with E-state index >= 15 is 0 Å². The second-order valence-corrected chi connectivity index (χ2v) is 6.60. The fraction of sp³-hybridized carbons (Fsp3) is 0.312. The molecule has 24 heavy (non-hydrogen) atoms. The Kier molecular flexibility index (Phi) is 4.48. The van der Waals surface area contributed by atoms with Crippen molar-refractivity contribution in [3.8, 4) is 5.75 Å². The Bertz CT molecular complexity index is 797. The molecule has 0 fully saturated rings. The first-order valence-electron chi connectivity index (χ1n) is 7.67. The van der Waals surface area contributed by atoms with Crippen LogP contribution in [0.25, 0.3) is 0 Å². The predicted octanol–water partition coefficient (Wildman–Crippen LogP) is 2.26. The van der Waals surface area contributed by atoms with Gasteiger partial charge in [0.25, 0.3) is 0 Å². The maximum absolute atomic E-state index is 12.0. The number of amides is 1. The van der Waals surface area contributed by atoms with E-state index in [9.17, 15) is 9.90 Å². The van der Waals surface area contributed by atoms with Crippen LogP contribution in [0.4, 0.5) is 5.95 Å². The number of phenolic OH excluding ortho intramolecular Hbond substituents is 1. The molecular formula is C16H19N5O2S. The maximum Gasteiger partial charge on any atom is 0.248 e. The van der Waals surface area contributed by atoms with Crippen LogP contribution in [0.15, 0.2) is 40.7 Å². The van der Waals surface area contributed by atoms with Gasteiger partial charge in [0.1, 0.15) is 11.8 Å². The van der Waals surface area contributed by atoms with E-state index in [1.165, 1.54) is 0 Å². The van der Waals surface area contributed by atoms with Gasteiger partial charge in [-0.1, -0.05) is 30.8 Å². The lowest BCUT2D eigenvalue weighted by Crippen LogP contribution is -2.31. The molecule has 1 aliphatic rings. The fourth-order valence-electron chi connectivity index (χ4n) is 2.67. The molecule has 0 radical (unpaired) electrons. The zero-order chi connectivity index (χ0) is 17.3. The number of hydrogen-bond acceptors (Lipinski definition) is 6. The number of thioether (sulfide) groups is 1. The van der Waals surface area contributed by atoms with Crippen molar-refractivity contribution in [2.24, 2.45) is 5.73 Å². The van der Waals surface area contributed by atoms with Crippen LogP contribution in [0, 0.1) is 0 Å². The summed E-state index contributed by atoms with van der Waals surface area (Å²) in [6.45, 7) is 3.89. The molecule has 1 aliphatic heterocycles. The van der Waals surface area contributed by atoms with Gasteiger partial charge in [-0.3, -0.25) is 4.79 Å². The maximum atomic E-state index is 12.0. The standard InChI is InChI=1S/C16H19N5O2S/c1-3-8-24-16-19-15-18-9(2)12(14(17)23)13(21(15)20-16)10-4-6-11(22)7-5-10/h4-7,13,22H,3,8H2,1-2H3,(H2,17,23)(H,18,19,20). The highest BCUT2D eigenvalue weighted by atomic mass is 32.2. The second kappa shape index (κ2) is 6.56. The highest BCUT2D eigenvalue weighted by Crippen LogP contribution is 2.36. The number of benzene rings is 1. The molecule has 7 nitrogen and oxygen atoms in total. The van der Waals surface area contributed by atoms with Crippen LogP contribution in [0.3, 0.4) is 0 Å². The molecule has 1 unspecified atom stereocenters. The van der Waals surface area contributed by atoms with Gasteiger partial charge in [0, 0.05) is 11.4 Å². The average Bonchev–Trinajstić information content (AvgIpc) is 2.94. The number of rotatable bonds is 5. The minimum absolute atomic E-state index is 0.159. The Hall–Kier alpha value is -2.48. The number of anilines is 1. The molecule has 4 N–H and O–H groups in total. The Balaban J connectivity index is 2.09. The lowest BCUT2D eigenvalue weighted by atomic mass is 9.95. The summed E-state index contributed by atoms with van der Waals surface area (Å²) in [5.74, 6) is 1.14. The minimum atomic E-state index is -0.512. The monoisotopic (exact) mass is 345 g/mol. The number of nitrogens with two attached hydrogens (primary N) is 1. The van der Waals surface area contributed by atoms with E-state index in [2.05, 4.69) is 22.3 Å². The Labute approximate surface area is 144 Å². The number of allylic oxidation sites excluding steroid dienone is 1. The zero-order valence-corrected chi connectivity index (χ0v) is 14.3. The normalized spacial score (nSPS) is 16.7. The van der Waals surface area contributed by atoms with Gasteiger partial charge in [-0.15, -0.1) is 5.10 Å².